The van der Waals surface area contributed by atoms with E-state index >= 15 is 0 Å². The number of nitrogens with zero attached hydrogens (tertiary/aromatic N) is 1. The molecule has 3 N–H and O–H groups in total. The summed E-state index contributed by atoms with van der Waals surface area (Å²) in [6.07, 6.45) is 1.44. The quantitative estimate of drug-likeness (QED) is 0.758. The number of hydrogen-bond donors (Lipinski definition) is 2. The average Bonchev–Trinajstić information content (AvgIpc) is 2.37. The molecule has 7 heteroatoms. The Kier molecular flexibility index (Phi) is 10.9. The van der Waals surface area contributed by atoms with Crippen LogP contribution in [0.15, 0.2) is 0 Å². The van der Waals surface area contributed by atoms with Gasteiger partial charge in [0.1, 0.15) is 0 Å². The molecule has 1 unspecified atom stereocenters. The Hall–Kier alpha value is -0.0700. The van der Waals surface area contributed by atoms with Crippen molar-refractivity contribution in [3.8, 4) is 0 Å². The van der Waals surface area contributed by atoms with Gasteiger partial charge in [-0.05, 0) is 39.3 Å². The normalized spacial score (nSPS) is 18.9. The molecule has 1 rings (SSSR count). The highest BCUT2D eigenvalue weighted by atomic mass is 35.5. The van der Waals surface area contributed by atoms with Gasteiger partial charge in [0.25, 0.3) is 0 Å². The predicted octanol–water partition coefficient (Wildman–Crippen LogP) is 1.68. The fraction of sp³-hybridized carbons (Fsp3) is 0.933. The SMILES string of the molecule is CC(NC(=O)C1(CN)CCOCC1)C(C)(C)CN(C)C.Cl.Cl. The maximum atomic E-state index is 12.6. The number of carbonyl (C=O) groups is 1. The lowest BCUT2D eigenvalue weighted by Gasteiger charge is -2.39. The van der Waals surface area contributed by atoms with E-state index in [1.807, 2.05) is 0 Å². The third-order valence-corrected chi connectivity index (χ3v) is 4.57. The molecule has 1 heterocycles. The number of amides is 1. The van der Waals surface area contributed by atoms with E-state index in [9.17, 15) is 4.79 Å². The van der Waals surface area contributed by atoms with Gasteiger partial charge >= 0.3 is 0 Å². The van der Waals surface area contributed by atoms with Crippen LogP contribution >= 0.6 is 24.8 Å². The number of carbonyl (C=O) groups excluding carboxylic acids is 1. The van der Waals surface area contributed by atoms with Gasteiger partial charge in [0.2, 0.25) is 5.91 Å². The second kappa shape index (κ2) is 9.93. The largest absolute Gasteiger partial charge is 0.381 e. The summed E-state index contributed by atoms with van der Waals surface area (Å²) in [5.41, 5.74) is 5.45. The molecule has 1 fully saturated rings. The molecule has 1 saturated heterocycles. The molecule has 0 radical (unpaired) electrons. The highest BCUT2D eigenvalue weighted by Crippen LogP contribution is 2.31. The number of nitrogens with one attached hydrogen (secondary N) is 1. The Morgan fingerprint density at radius 1 is 1.32 bits per heavy atom. The molecule has 1 aliphatic heterocycles. The molecule has 5 nitrogen and oxygen atoms in total. The molecule has 0 aromatic carbocycles. The van der Waals surface area contributed by atoms with Gasteiger partial charge in [0.05, 0.1) is 5.41 Å². The molecule has 1 aliphatic rings. The fourth-order valence-corrected chi connectivity index (χ4v) is 2.78. The maximum Gasteiger partial charge on any atom is 0.227 e. The molecule has 0 aromatic heterocycles. The molecule has 0 bridgehead atoms. The summed E-state index contributed by atoms with van der Waals surface area (Å²) >= 11 is 0. The predicted molar refractivity (Wildman–Crippen MR) is 96.0 cm³/mol. The number of hydrogen-bond acceptors (Lipinski definition) is 4. The number of ether oxygens (including phenoxy) is 1. The lowest BCUT2D eigenvalue weighted by Crippen LogP contribution is -2.55. The Balaban J connectivity index is 0. The van der Waals surface area contributed by atoms with Crippen molar-refractivity contribution in [2.24, 2.45) is 16.6 Å². The van der Waals surface area contributed by atoms with E-state index in [1.165, 1.54) is 0 Å². The third kappa shape index (κ3) is 6.20. The van der Waals surface area contributed by atoms with Crippen molar-refractivity contribution in [2.75, 3.05) is 40.4 Å². The summed E-state index contributed by atoms with van der Waals surface area (Å²) in [4.78, 5) is 14.8. The van der Waals surface area contributed by atoms with Crippen molar-refractivity contribution in [1.29, 1.82) is 0 Å². The standard InChI is InChI=1S/C15H31N3O2.2ClH/c1-12(14(2,3)11-18(4)5)17-13(19)15(10-16)6-8-20-9-7-15;;/h12H,6-11,16H2,1-5H3,(H,17,19);2*1H. The minimum absolute atomic E-state index is 0. The molecule has 1 amide bonds. The Bertz CT molecular complexity index is 333. The van der Waals surface area contributed by atoms with Crippen LogP contribution in [0, 0.1) is 10.8 Å². The minimum Gasteiger partial charge on any atom is -0.381 e. The lowest BCUT2D eigenvalue weighted by molar-refractivity contribution is -0.137. The zero-order chi connectivity index (χ0) is 15.4. The van der Waals surface area contributed by atoms with E-state index in [4.69, 9.17) is 10.5 Å². The minimum atomic E-state index is -0.444. The Morgan fingerprint density at radius 2 is 1.82 bits per heavy atom. The number of nitrogens with two attached hydrogens (primary N) is 1. The molecule has 0 spiro atoms. The second-order valence-corrected chi connectivity index (χ2v) is 7.02. The van der Waals surface area contributed by atoms with Crippen molar-refractivity contribution >= 4 is 30.7 Å². The van der Waals surface area contributed by atoms with Crippen molar-refractivity contribution in [3.63, 3.8) is 0 Å². The smallest absolute Gasteiger partial charge is 0.227 e. The Labute approximate surface area is 147 Å². The Morgan fingerprint density at radius 3 is 2.23 bits per heavy atom. The van der Waals surface area contributed by atoms with Gasteiger partial charge in [-0.25, -0.2) is 0 Å². The first-order valence-electron chi connectivity index (χ1n) is 7.47. The molecule has 0 aromatic rings. The summed E-state index contributed by atoms with van der Waals surface area (Å²) in [7, 11) is 4.10. The molecular weight excluding hydrogens is 325 g/mol. The first kappa shape index (κ1) is 24.2. The first-order valence-corrected chi connectivity index (χ1v) is 7.47. The van der Waals surface area contributed by atoms with Gasteiger partial charge in [-0.2, -0.15) is 0 Å². The second-order valence-electron chi connectivity index (χ2n) is 7.02. The monoisotopic (exact) mass is 357 g/mol. The van der Waals surface area contributed by atoms with E-state index in [1.54, 1.807) is 0 Å². The van der Waals surface area contributed by atoms with Gasteiger partial charge < -0.3 is 20.7 Å². The van der Waals surface area contributed by atoms with Crippen LogP contribution in [0.4, 0.5) is 0 Å². The van der Waals surface area contributed by atoms with Gasteiger partial charge in [-0.3, -0.25) is 4.79 Å². The maximum absolute atomic E-state index is 12.6. The van der Waals surface area contributed by atoms with Gasteiger partial charge in [0.15, 0.2) is 0 Å². The van der Waals surface area contributed by atoms with E-state index in [0.717, 1.165) is 19.4 Å². The van der Waals surface area contributed by atoms with Crippen LogP contribution in [-0.2, 0) is 9.53 Å². The average molecular weight is 358 g/mol. The van der Waals surface area contributed by atoms with Crippen LogP contribution in [0.25, 0.3) is 0 Å². The molecule has 22 heavy (non-hydrogen) atoms. The highest BCUT2D eigenvalue weighted by molar-refractivity contribution is 5.85. The zero-order valence-electron chi connectivity index (χ0n) is 14.5. The van der Waals surface area contributed by atoms with Crippen molar-refractivity contribution in [3.05, 3.63) is 0 Å². The van der Waals surface area contributed by atoms with E-state index < -0.39 is 5.41 Å². The highest BCUT2D eigenvalue weighted by Gasteiger charge is 2.40. The van der Waals surface area contributed by atoms with E-state index in [2.05, 4.69) is 45.1 Å². The topological polar surface area (TPSA) is 67.6 Å². The van der Waals surface area contributed by atoms with Crippen molar-refractivity contribution in [1.82, 2.24) is 10.2 Å². The van der Waals surface area contributed by atoms with E-state index in [-0.39, 0.29) is 42.2 Å². The van der Waals surface area contributed by atoms with Crippen LogP contribution in [0.5, 0.6) is 0 Å². The summed E-state index contributed by atoms with van der Waals surface area (Å²) in [6, 6.07) is 0.101. The van der Waals surface area contributed by atoms with Gasteiger partial charge in [-0.1, -0.05) is 13.8 Å². The zero-order valence-corrected chi connectivity index (χ0v) is 16.1. The summed E-state index contributed by atoms with van der Waals surface area (Å²) < 4.78 is 5.36. The third-order valence-electron chi connectivity index (χ3n) is 4.57. The summed E-state index contributed by atoms with van der Waals surface area (Å²) in [5, 5.41) is 3.19. The molecule has 134 valence electrons. The van der Waals surface area contributed by atoms with Crippen LogP contribution in [0.2, 0.25) is 0 Å². The van der Waals surface area contributed by atoms with Gasteiger partial charge in [-0.15, -0.1) is 24.8 Å². The summed E-state index contributed by atoms with van der Waals surface area (Å²) in [6.45, 7) is 9.00. The lowest BCUT2D eigenvalue weighted by atomic mass is 9.78. The molecular formula is C15H33Cl2N3O2. The van der Waals surface area contributed by atoms with Crippen LogP contribution in [0.1, 0.15) is 33.6 Å². The first-order chi connectivity index (χ1) is 9.23. The van der Waals surface area contributed by atoms with Crippen molar-refractivity contribution < 1.29 is 9.53 Å². The fourth-order valence-electron chi connectivity index (χ4n) is 2.78. The number of rotatable bonds is 6. The van der Waals surface area contributed by atoms with Crippen molar-refractivity contribution in [2.45, 2.75) is 39.7 Å². The van der Waals surface area contributed by atoms with Crippen LogP contribution in [0.3, 0.4) is 0 Å². The number of halogens is 2. The molecule has 0 saturated carbocycles. The van der Waals surface area contributed by atoms with Crippen LogP contribution in [-0.4, -0.2) is 57.2 Å². The summed E-state index contributed by atoms with van der Waals surface area (Å²) in [5.74, 6) is 0.0858. The molecule has 1 atom stereocenters. The van der Waals surface area contributed by atoms with E-state index in [0.29, 0.717) is 19.8 Å². The van der Waals surface area contributed by atoms with Crippen LogP contribution < -0.4 is 11.1 Å². The molecule has 0 aliphatic carbocycles. The van der Waals surface area contributed by atoms with Gasteiger partial charge in [0, 0.05) is 32.3 Å².